The SMILES string of the molecule is NCCCC(Oc1cccc2ccccc12)c1cccs1. The summed E-state index contributed by atoms with van der Waals surface area (Å²) in [6.45, 7) is 0.695. The summed E-state index contributed by atoms with van der Waals surface area (Å²) < 4.78 is 6.33. The van der Waals surface area contributed by atoms with Crippen LogP contribution in [-0.2, 0) is 0 Å². The van der Waals surface area contributed by atoms with Gasteiger partial charge in [-0.15, -0.1) is 11.3 Å². The van der Waals surface area contributed by atoms with Crippen molar-refractivity contribution in [3.05, 3.63) is 64.9 Å². The fourth-order valence-electron chi connectivity index (χ4n) is 2.49. The van der Waals surface area contributed by atoms with E-state index in [9.17, 15) is 0 Å². The normalized spacial score (nSPS) is 12.4. The lowest BCUT2D eigenvalue weighted by Crippen LogP contribution is -2.09. The zero-order valence-electron chi connectivity index (χ0n) is 11.9. The molecule has 1 atom stereocenters. The maximum atomic E-state index is 6.33. The van der Waals surface area contributed by atoms with Crippen molar-refractivity contribution in [3.63, 3.8) is 0 Å². The smallest absolute Gasteiger partial charge is 0.133 e. The largest absolute Gasteiger partial charge is 0.484 e. The lowest BCUT2D eigenvalue weighted by molar-refractivity contribution is 0.199. The van der Waals surface area contributed by atoms with Gasteiger partial charge in [0.2, 0.25) is 0 Å². The van der Waals surface area contributed by atoms with E-state index in [1.807, 2.05) is 12.1 Å². The Labute approximate surface area is 129 Å². The van der Waals surface area contributed by atoms with Crippen molar-refractivity contribution in [1.82, 2.24) is 0 Å². The fourth-order valence-corrected chi connectivity index (χ4v) is 3.28. The highest BCUT2D eigenvalue weighted by molar-refractivity contribution is 7.10. The second-order valence-corrected chi connectivity index (χ2v) is 6.01. The van der Waals surface area contributed by atoms with Crippen molar-refractivity contribution in [2.75, 3.05) is 6.54 Å². The molecule has 0 aliphatic carbocycles. The maximum Gasteiger partial charge on any atom is 0.133 e. The Bertz CT molecular complexity index is 688. The predicted molar refractivity (Wildman–Crippen MR) is 89.9 cm³/mol. The first-order chi connectivity index (χ1) is 10.4. The number of benzene rings is 2. The Morgan fingerprint density at radius 1 is 1.00 bits per heavy atom. The average Bonchev–Trinajstić information content (AvgIpc) is 3.06. The summed E-state index contributed by atoms with van der Waals surface area (Å²) in [6.07, 6.45) is 1.99. The van der Waals surface area contributed by atoms with Gasteiger partial charge in [-0.2, -0.15) is 0 Å². The molecule has 1 heterocycles. The predicted octanol–water partition coefficient (Wildman–Crippen LogP) is 4.76. The van der Waals surface area contributed by atoms with Crippen LogP contribution < -0.4 is 10.5 Å². The van der Waals surface area contributed by atoms with Gasteiger partial charge in [0.05, 0.1) is 0 Å². The van der Waals surface area contributed by atoms with Crippen LogP contribution in [0.25, 0.3) is 10.8 Å². The molecule has 0 bridgehead atoms. The molecule has 21 heavy (non-hydrogen) atoms. The quantitative estimate of drug-likeness (QED) is 0.712. The third kappa shape index (κ3) is 3.26. The zero-order valence-corrected chi connectivity index (χ0v) is 12.7. The third-order valence-electron chi connectivity index (χ3n) is 3.55. The zero-order chi connectivity index (χ0) is 14.5. The van der Waals surface area contributed by atoms with Crippen LogP contribution in [0.15, 0.2) is 60.0 Å². The Balaban J connectivity index is 1.90. The number of hydrogen-bond acceptors (Lipinski definition) is 3. The van der Waals surface area contributed by atoms with Crippen LogP contribution in [0.3, 0.4) is 0 Å². The van der Waals surface area contributed by atoms with Gasteiger partial charge < -0.3 is 10.5 Å². The topological polar surface area (TPSA) is 35.2 Å². The van der Waals surface area contributed by atoms with Crippen molar-refractivity contribution in [3.8, 4) is 5.75 Å². The van der Waals surface area contributed by atoms with E-state index in [0.29, 0.717) is 6.54 Å². The number of hydrogen-bond donors (Lipinski definition) is 1. The molecular weight excluding hydrogens is 278 g/mol. The van der Waals surface area contributed by atoms with Crippen LogP contribution in [0.4, 0.5) is 0 Å². The molecule has 2 N–H and O–H groups in total. The van der Waals surface area contributed by atoms with Crippen molar-refractivity contribution < 1.29 is 4.74 Å². The van der Waals surface area contributed by atoms with Crippen molar-refractivity contribution >= 4 is 22.1 Å². The van der Waals surface area contributed by atoms with E-state index >= 15 is 0 Å². The van der Waals surface area contributed by atoms with Crippen LogP contribution >= 0.6 is 11.3 Å². The molecule has 2 aromatic carbocycles. The number of thiophene rings is 1. The minimum absolute atomic E-state index is 0.0827. The average molecular weight is 297 g/mol. The molecule has 0 saturated carbocycles. The Kier molecular flexibility index (Phi) is 4.53. The van der Waals surface area contributed by atoms with E-state index in [2.05, 4.69) is 47.8 Å². The third-order valence-corrected chi connectivity index (χ3v) is 4.51. The molecule has 3 heteroatoms. The second-order valence-electron chi connectivity index (χ2n) is 5.03. The van der Waals surface area contributed by atoms with Crippen molar-refractivity contribution in [1.29, 1.82) is 0 Å². The highest BCUT2D eigenvalue weighted by Crippen LogP contribution is 2.33. The van der Waals surface area contributed by atoms with E-state index in [1.165, 1.54) is 10.3 Å². The van der Waals surface area contributed by atoms with Gasteiger partial charge in [0.1, 0.15) is 11.9 Å². The first-order valence-corrected chi connectivity index (χ1v) is 8.14. The molecule has 0 spiro atoms. The molecule has 108 valence electrons. The van der Waals surface area contributed by atoms with Crippen LogP contribution in [-0.4, -0.2) is 6.54 Å². The van der Waals surface area contributed by atoms with Crippen molar-refractivity contribution in [2.45, 2.75) is 18.9 Å². The summed E-state index contributed by atoms with van der Waals surface area (Å²) in [7, 11) is 0. The second kappa shape index (κ2) is 6.74. The molecule has 1 unspecified atom stereocenters. The molecule has 0 aliphatic rings. The van der Waals surface area contributed by atoms with Gasteiger partial charge in [-0.25, -0.2) is 0 Å². The van der Waals surface area contributed by atoms with Gasteiger partial charge in [0.25, 0.3) is 0 Å². The number of nitrogens with two attached hydrogens (primary N) is 1. The molecule has 0 radical (unpaired) electrons. The summed E-state index contributed by atoms with van der Waals surface area (Å²) in [5.74, 6) is 0.948. The number of fused-ring (bicyclic) bond motifs is 1. The van der Waals surface area contributed by atoms with E-state index in [-0.39, 0.29) is 6.10 Å². The lowest BCUT2D eigenvalue weighted by atomic mass is 10.1. The minimum Gasteiger partial charge on any atom is -0.484 e. The van der Waals surface area contributed by atoms with Crippen LogP contribution in [0, 0.1) is 0 Å². The maximum absolute atomic E-state index is 6.33. The molecular formula is C18H19NOS. The van der Waals surface area contributed by atoms with Gasteiger partial charge in [0.15, 0.2) is 0 Å². The van der Waals surface area contributed by atoms with Gasteiger partial charge >= 0.3 is 0 Å². The van der Waals surface area contributed by atoms with E-state index < -0.39 is 0 Å². The van der Waals surface area contributed by atoms with Gasteiger partial charge in [-0.05, 0) is 42.3 Å². The van der Waals surface area contributed by atoms with Gasteiger partial charge in [-0.3, -0.25) is 0 Å². The summed E-state index contributed by atoms with van der Waals surface area (Å²) >= 11 is 1.74. The first-order valence-electron chi connectivity index (χ1n) is 7.26. The molecule has 0 fully saturated rings. The lowest BCUT2D eigenvalue weighted by Gasteiger charge is -2.19. The Morgan fingerprint density at radius 3 is 2.67 bits per heavy atom. The highest BCUT2D eigenvalue weighted by Gasteiger charge is 2.15. The molecule has 3 rings (SSSR count). The van der Waals surface area contributed by atoms with Gasteiger partial charge in [0, 0.05) is 10.3 Å². The van der Waals surface area contributed by atoms with E-state index in [1.54, 1.807) is 11.3 Å². The molecule has 1 aromatic heterocycles. The molecule has 2 nitrogen and oxygen atoms in total. The first kappa shape index (κ1) is 14.1. The monoisotopic (exact) mass is 297 g/mol. The molecule has 3 aromatic rings. The molecule has 0 saturated heterocycles. The van der Waals surface area contributed by atoms with E-state index in [0.717, 1.165) is 24.0 Å². The van der Waals surface area contributed by atoms with Gasteiger partial charge in [-0.1, -0.05) is 42.5 Å². The van der Waals surface area contributed by atoms with Crippen molar-refractivity contribution in [2.24, 2.45) is 5.73 Å². The summed E-state index contributed by atoms with van der Waals surface area (Å²) in [5.41, 5.74) is 5.66. The van der Waals surface area contributed by atoms with Crippen LogP contribution in [0.2, 0.25) is 0 Å². The number of ether oxygens (including phenoxy) is 1. The number of rotatable bonds is 6. The highest BCUT2D eigenvalue weighted by atomic mass is 32.1. The minimum atomic E-state index is 0.0827. The van der Waals surface area contributed by atoms with Crippen LogP contribution in [0.1, 0.15) is 23.8 Å². The molecule has 0 aliphatic heterocycles. The Morgan fingerprint density at radius 2 is 1.86 bits per heavy atom. The standard InChI is InChI=1S/C18H19NOS/c19-12-4-10-17(18-11-5-13-21-18)20-16-9-3-7-14-6-1-2-8-15(14)16/h1-3,5-9,11,13,17H,4,10,12,19H2. The Hall–Kier alpha value is -1.84. The fraction of sp³-hybridized carbons (Fsp3) is 0.222. The summed E-state index contributed by atoms with van der Waals surface area (Å²) in [5, 5.41) is 4.46. The summed E-state index contributed by atoms with van der Waals surface area (Å²) in [4.78, 5) is 1.26. The van der Waals surface area contributed by atoms with Crippen LogP contribution in [0.5, 0.6) is 5.75 Å². The summed E-state index contributed by atoms with van der Waals surface area (Å²) in [6, 6.07) is 18.7. The van der Waals surface area contributed by atoms with E-state index in [4.69, 9.17) is 10.5 Å². The molecule has 0 amide bonds.